The van der Waals surface area contributed by atoms with Gasteiger partial charge in [0, 0.05) is 0 Å². The van der Waals surface area contributed by atoms with Crippen molar-refractivity contribution in [2.24, 2.45) is 5.10 Å². The van der Waals surface area contributed by atoms with Crippen LogP contribution in [0.4, 0.5) is 5.69 Å². The normalized spacial score (nSPS) is 11.1. The second kappa shape index (κ2) is 8.81. The molecule has 0 saturated carbocycles. The summed E-state index contributed by atoms with van der Waals surface area (Å²) in [5.74, 6) is -0.0328. The van der Waals surface area contributed by atoms with E-state index in [1.807, 2.05) is 42.5 Å². The Morgan fingerprint density at radius 1 is 1.11 bits per heavy atom. The number of ether oxygens (including phenoxy) is 2. The molecule has 0 aliphatic carbocycles. The van der Waals surface area contributed by atoms with Crippen molar-refractivity contribution in [3.8, 4) is 11.4 Å². The summed E-state index contributed by atoms with van der Waals surface area (Å²) in [4.78, 5) is 12.1. The van der Waals surface area contributed by atoms with Crippen molar-refractivity contribution in [2.45, 2.75) is 5.16 Å². The number of benzene rings is 2. The van der Waals surface area contributed by atoms with Crippen LogP contribution in [0.15, 0.2) is 64.9 Å². The first kappa shape index (κ1) is 18.4. The van der Waals surface area contributed by atoms with Crippen LogP contribution in [0.1, 0.15) is 0 Å². The predicted molar refractivity (Wildman–Crippen MR) is 101 cm³/mol. The van der Waals surface area contributed by atoms with E-state index in [4.69, 9.17) is 9.47 Å². The first-order valence-corrected chi connectivity index (χ1v) is 8.61. The number of para-hydroxylation sites is 3. The maximum Gasteiger partial charge on any atom is 0.365 e. The molecule has 10 heteroatoms. The highest BCUT2D eigenvalue weighted by atomic mass is 32.2. The summed E-state index contributed by atoms with van der Waals surface area (Å²) in [7, 11) is 2.83. The molecule has 0 saturated heterocycles. The zero-order chi connectivity index (χ0) is 19.1. The van der Waals surface area contributed by atoms with Gasteiger partial charge in [-0.25, -0.2) is 4.79 Å². The first-order valence-electron chi connectivity index (χ1n) is 7.79. The van der Waals surface area contributed by atoms with E-state index in [2.05, 4.69) is 26.1 Å². The maximum absolute atomic E-state index is 12.1. The smallest absolute Gasteiger partial charge is 0.365 e. The molecule has 1 aromatic heterocycles. The average Bonchev–Trinajstić information content (AvgIpc) is 3.19. The minimum absolute atomic E-state index is 0.0374. The van der Waals surface area contributed by atoms with E-state index in [9.17, 15) is 4.79 Å². The van der Waals surface area contributed by atoms with Crippen molar-refractivity contribution in [2.75, 3.05) is 19.6 Å². The standard InChI is InChI=1S/C17H16N6O3S/c1-25-14-11-7-6-10-13(14)18-19-15(16(24)26-2)27-17-20-21-22-23(17)12-8-4-3-5-9-12/h3-11,18H,1-2H3/b19-15+. The lowest BCUT2D eigenvalue weighted by Gasteiger charge is -2.09. The number of rotatable bonds is 5. The summed E-state index contributed by atoms with van der Waals surface area (Å²) in [6, 6.07) is 16.5. The molecular formula is C17H16N6O3S. The molecular weight excluding hydrogens is 368 g/mol. The Morgan fingerprint density at radius 2 is 1.85 bits per heavy atom. The van der Waals surface area contributed by atoms with Gasteiger partial charge in [0.1, 0.15) is 5.75 Å². The Hall–Kier alpha value is -3.40. The lowest BCUT2D eigenvalue weighted by molar-refractivity contribution is -0.132. The molecule has 1 heterocycles. The van der Waals surface area contributed by atoms with Crippen molar-refractivity contribution in [1.29, 1.82) is 0 Å². The zero-order valence-corrected chi connectivity index (χ0v) is 15.4. The van der Waals surface area contributed by atoms with Crippen LogP contribution >= 0.6 is 11.8 Å². The summed E-state index contributed by atoms with van der Waals surface area (Å²) in [5, 5.41) is 16.2. The molecule has 0 aliphatic rings. The fourth-order valence-electron chi connectivity index (χ4n) is 2.11. The number of hydrogen-bond donors (Lipinski definition) is 1. The quantitative estimate of drug-likeness (QED) is 0.235. The Balaban J connectivity index is 1.87. The molecule has 0 radical (unpaired) electrons. The minimum atomic E-state index is -0.620. The van der Waals surface area contributed by atoms with Crippen molar-refractivity contribution >= 4 is 28.5 Å². The van der Waals surface area contributed by atoms with Gasteiger partial charge in [0.05, 0.1) is 25.6 Å². The third-order valence-electron chi connectivity index (χ3n) is 3.37. The molecule has 0 bridgehead atoms. The highest BCUT2D eigenvalue weighted by Crippen LogP contribution is 2.24. The molecule has 27 heavy (non-hydrogen) atoms. The number of carbonyl (C=O) groups is 1. The van der Waals surface area contributed by atoms with Crippen molar-refractivity contribution in [3.63, 3.8) is 0 Å². The number of anilines is 1. The SMILES string of the molecule is COC(=O)/C(=N\Nc1ccccc1OC)Sc1nnnn1-c1ccccc1. The molecule has 0 atom stereocenters. The Kier molecular flexibility index (Phi) is 6.00. The minimum Gasteiger partial charge on any atom is -0.495 e. The van der Waals surface area contributed by atoms with Crippen molar-refractivity contribution in [3.05, 3.63) is 54.6 Å². The van der Waals surface area contributed by atoms with E-state index < -0.39 is 5.97 Å². The van der Waals surface area contributed by atoms with Gasteiger partial charge in [0.15, 0.2) is 0 Å². The summed E-state index contributed by atoms with van der Waals surface area (Å²) >= 11 is 0.981. The van der Waals surface area contributed by atoms with Crippen LogP contribution in [0.25, 0.3) is 5.69 Å². The number of carbonyl (C=O) groups excluding carboxylic acids is 1. The number of nitrogens with one attached hydrogen (secondary N) is 1. The summed E-state index contributed by atoms with van der Waals surface area (Å²) in [6.45, 7) is 0. The van der Waals surface area contributed by atoms with Gasteiger partial charge in [0.25, 0.3) is 0 Å². The molecule has 9 nitrogen and oxygen atoms in total. The first-order chi connectivity index (χ1) is 13.2. The summed E-state index contributed by atoms with van der Waals surface area (Å²) in [5.41, 5.74) is 4.17. The van der Waals surface area contributed by atoms with E-state index in [0.717, 1.165) is 17.4 Å². The topological polar surface area (TPSA) is 104 Å². The van der Waals surface area contributed by atoms with Crippen LogP contribution in [-0.4, -0.2) is 45.4 Å². The Bertz CT molecular complexity index is 945. The molecule has 3 rings (SSSR count). The van der Waals surface area contributed by atoms with E-state index in [1.165, 1.54) is 11.8 Å². The van der Waals surface area contributed by atoms with Crippen LogP contribution in [0, 0.1) is 0 Å². The molecule has 1 N–H and O–H groups in total. The van der Waals surface area contributed by atoms with E-state index in [0.29, 0.717) is 16.6 Å². The van der Waals surface area contributed by atoms with Crippen LogP contribution in [-0.2, 0) is 9.53 Å². The maximum atomic E-state index is 12.1. The zero-order valence-electron chi connectivity index (χ0n) is 14.6. The predicted octanol–water partition coefficient (Wildman–Crippen LogP) is 2.36. The van der Waals surface area contributed by atoms with Gasteiger partial charge >= 0.3 is 5.97 Å². The molecule has 2 aromatic carbocycles. The third-order valence-corrected chi connectivity index (χ3v) is 4.26. The second-order valence-corrected chi connectivity index (χ2v) is 5.99. The van der Waals surface area contributed by atoms with Crippen LogP contribution < -0.4 is 10.2 Å². The molecule has 0 amide bonds. The molecule has 0 unspecified atom stereocenters. The largest absolute Gasteiger partial charge is 0.495 e. The van der Waals surface area contributed by atoms with Crippen molar-refractivity contribution < 1.29 is 14.3 Å². The number of nitrogens with zero attached hydrogens (tertiary/aromatic N) is 5. The average molecular weight is 384 g/mol. The monoisotopic (exact) mass is 384 g/mol. The van der Waals surface area contributed by atoms with Crippen LogP contribution in [0.3, 0.4) is 0 Å². The van der Waals surface area contributed by atoms with Gasteiger partial charge < -0.3 is 9.47 Å². The number of hydrogen-bond acceptors (Lipinski definition) is 9. The Morgan fingerprint density at radius 3 is 2.59 bits per heavy atom. The van der Waals surface area contributed by atoms with E-state index in [-0.39, 0.29) is 5.04 Å². The number of aromatic nitrogens is 4. The molecule has 0 fully saturated rings. The van der Waals surface area contributed by atoms with E-state index in [1.54, 1.807) is 19.2 Å². The Labute approximate surface area is 159 Å². The van der Waals surface area contributed by atoms with Gasteiger partial charge in [-0.05, 0) is 46.5 Å². The van der Waals surface area contributed by atoms with Gasteiger partial charge in [-0.1, -0.05) is 30.3 Å². The van der Waals surface area contributed by atoms with Gasteiger partial charge in [0.2, 0.25) is 10.2 Å². The number of hydrazone groups is 1. The molecule has 138 valence electrons. The van der Waals surface area contributed by atoms with Gasteiger partial charge in [-0.3, -0.25) is 5.43 Å². The van der Waals surface area contributed by atoms with Gasteiger partial charge in [-0.15, -0.1) is 5.10 Å². The highest BCUT2D eigenvalue weighted by Gasteiger charge is 2.19. The fourth-order valence-corrected chi connectivity index (χ4v) is 2.84. The number of thioether (sulfide) groups is 1. The highest BCUT2D eigenvalue weighted by molar-refractivity contribution is 8.15. The number of tetrazole rings is 1. The van der Waals surface area contributed by atoms with Gasteiger partial charge in [-0.2, -0.15) is 9.78 Å². The van der Waals surface area contributed by atoms with Crippen LogP contribution in [0.2, 0.25) is 0 Å². The third kappa shape index (κ3) is 4.42. The molecule has 3 aromatic rings. The second-order valence-electron chi connectivity index (χ2n) is 5.03. The lowest BCUT2D eigenvalue weighted by Crippen LogP contribution is -2.15. The molecule has 0 spiro atoms. The summed E-state index contributed by atoms with van der Waals surface area (Å²) in [6.07, 6.45) is 0. The summed E-state index contributed by atoms with van der Waals surface area (Å²) < 4.78 is 11.6. The van der Waals surface area contributed by atoms with E-state index >= 15 is 0 Å². The number of esters is 1. The fraction of sp³-hybridized carbons (Fsp3) is 0.118. The number of methoxy groups -OCH3 is 2. The molecule has 0 aliphatic heterocycles. The van der Waals surface area contributed by atoms with Crippen molar-refractivity contribution in [1.82, 2.24) is 20.2 Å². The lowest BCUT2D eigenvalue weighted by atomic mass is 10.3. The van der Waals surface area contributed by atoms with Crippen LogP contribution in [0.5, 0.6) is 5.75 Å².